The second-order valence-electron chi connectivity index (χ2n) is 17.3. The number of ketones is 2. The minimum Gasteiger partial charge on any atom is -0.507 e. The van der Waals surface area contributed by atoms with E-state index in [1.54, 1.807) is 6.92 Å². The van der Waals surface area contributed by atoms with Crippen LogP contribution in [-0.4, -0.2) is 203 Å². The molecule has 25 heteroatoms. The molecule has 0 unspecified atom stereocenters. The Bertz CT molecular complexity index is 2560. The Morgan fingerprint density at radius 2 is 1.33 bits per heavy atom. The summed E-state index contributed by atoms with van der Waals surface area (Å²) in [6, 6.07) is 1.31. The van der Waals surface area contributed by atoms with E-state index in [0.717, 1.165) is 18.2 Å². The van der Waals surface area contributed by atoms with Crippen molar-refractivity contribution in [3.63, 3.8) is 0 Å². The Morgan fingerprint density at radius 3 is 1.96 bits per heavy atom. The van der Waals surface area contributed by atoms with Crippen LogP contribution in [0.4, 0.5) is 0 Å². The van der Waals surface area contributed by atoms with Crippen LogP contribution in [0.2, 0.25) is 0 Å². The Morgan fingerprint density at radius 1 is 0.739 bits per heavy atom. The molecule has 15 N–H and O–H groups in total. The fourth-order valence-electron chi connectivity index (χ4n) is 9.35. The summed E-state index contributed by atoms with van der Waals surface area (Å²) < 4.78 is 34.6. The normalized spacial score (nSPS) is 33.4. The lowest BCUT2D eigenvalue weighted by Crippen LogP contribution is -2.65. The molecule has 0 bridgehead atoms. The van der Waals surface area contributed by atoms with Gasteiger partial charge in [-0.1, -0.05) is 6.07 Å². The number of rotatable bonds is 11. The number of nitrogens with one attached hydrogen (secondary N) is 2. The average molecular weight is 975 g/mol. The van der Waals surface area contributed by atoms with Crippen LogP contribution >= 0.6 is 0 Å². The second kappa shape index (κ2) is 19.0. The number of ether oxygens (including phenoxy) is 6. The second-order valence-corrected chi connectivity index (χ2v) is 17.3. The molecule has 3 heterocycles. The summed E-state index contributed by atoms with van der Waals surface area (Å²) in [5.41, 5.74) is -4.86. The number of carbonyl (C=O) groups is 4. The van der Waals surface area contributed by atoms with Gasteiger partial charge in [0.25, 0.3) is 5.91 Å². The molecule has 2 aliphatic carbocycles. The lowest BCUT2D eigenvalue weighted by molar-refractivity contribution is -0.339. The summed E-state index contributed by atoms with van der Waals surface area (Å²) in [7, 11) is 1.50. The van der Waals surface area contributed by atoms with Crippen LogP contribution in [0, 0.1) is 6.92 Å². The van der Waals surface area contributed by atoms with Crippen molar-refractivity contribution in [2.24, 2.45) is 0 Å². The van der Waals surface area contributed by atoms with Crippen molar-refractivity contribution in [2.75, 3.05) is 26.9 Å². The molecule has 0 spiro atoms. The number of aromatic hydroxyl groups is 3. The number of phenolic OH excluding ortho intramolecular Hbond substituents is 3. The highest BCUT2D eigenvalue weighted by atomic mass is 16.7. The van der Waals surface area contributed by atoms with Crippen LogP contribution in [0.3, 0.4) is 0 Å². The Kier molecular flexibility index (Phi) is 13.8. The zero-order chi connectivity index (χ0) is 50.2. The molecule has 374 valence electrons. The van der Waals surface area contributed by atoms with Crippen molar-refractivity contribution in [3.8, 4) is 34.1 Å². The number of aliphatic hydroxyl groups is 9. The van der Waals surface area contributed by atoms with Gasteiger partial charge in [-0.2, -0.15) is 0 Å². The molecule has 8 rings (SSSR count). The van der Waals surface area contributed by atoms with Crippen molar-refractivity contribution >= 4 is 23.4 Å². The van der Waals surface area contributed by atoms with Gasteiger partial charge in [0.1, 0.15) is 84.0 Å². The van der Waals surface area contributed by atoms with Crippen LogP contribution in [-0.2, 0) is 28.5 Å². The fraction of sp³-hybridized carbons (Fsp3) is 0.500. The van der Waals surface area contributed by atoms with Crippen LogP contribution in [0.25, 0.3) is 11.1 Å². The molecule has 0 saturated carbocycles. The maximum absolute atomic E-state index is 14.5. The highest BCUT2D eigenvalue weighted by molar-refractivity contribution is 6.31. The summed E-state index contributed by atoms with van der Waals surface area (Å²) in [6.07, 6.45) is -22.8. The summed E-state index contributed by atoms with van der Waals surface area (Å²) in [6.45, 7) is 0.858. The average Bonchev–Trinajstić information content (AvgIpc) is 3.30. The molecule has 3 saturated heterocycles. The smallest absolute Gasteiger partial charge is 0.328 e. The first-order valence-corrected chi connectivity index (χ1v) is 21.5. The van der Waals surface area contributed by atoms with Gasteiger partial charge in [-0.05, 0) is 49.7 Å². The van der Waals surface area contributed by atoms with Crippen molar-refractivity contribution in [1.82, 2.24) is 10.6 Å². The van der Waals surface area contributed by atoms with E-state index < -0.39 is 203 Å². The third-order valence-electron chi connectivity index (χ3n) is 13.0. The fourth-order valence-corrected chi connectivity index (χ4v) is 9.35. The molecule has 3 aromatic carbocycles. The number of fused-ring (bicyclic) bond motifs is 5. The van der Waals surface area contributed by atoms with Crippen LogP contribution < -0.4 is 15.4 Å². The van der Waals surface area contributed by atoms with E-state index in [-0.39, 0.29) is 16.9 Å². The van der Waals surface area contributed by atoms with Gasteiger partial charge in [0.05, 0.1) is 48.7 Å². The maximum Gasteiger partial charge on any atom is 0.328 e. The van der Waals surface area contributed by atoms with Gasteiger partial charge in [-0.25, -0.2) is 4.79 Å². The van der Waals surface area contributed by atoms with Gasteiger partial charge in [0.15, 0.2) is 30.2 Å². The molecule has 3 fully saturated rings. The Balaban J connectivity index is 1.23. The van der Waals surface area contributed by atoms with Crippen LogP contribution in [0.5, 0.6) is 23.0 Å². The molecule has 0 radical (unpaired) electrons. The third kappa shape index (κ3) is 8.47. The Hall–Kier alpha value is -5.46. The largest absolute Gasteiger partial charge is 0.507 e. The third-order valence-corrected chi connectivity index (χ3v) is 13.0. The number of benzene rings is 3. The molecular formula is C44H50N2O23. The molecule has 3 aromatic rings. The standard InChI is InChI=1S/C44H50N2O23/c1-11-4-17-25(33(56)22(11)40(61)46-18(8-47)41(62)63)24-15(30(53)38(17)68-44-37(60)39(27(45-3)12(2)66-44)69-43-36(59)32(55)21(50)10-65-43)7-16-26(34(24)57)29(52)14-5-13(6-19(48)23(14)28(16)51)67-42-35(58)31(54)20(49)9-64-42/h4-7,12,18,20-21,27,30-32,35-39,42-45,47-50,53-60H,8-10H2,1-3H3,(H,46,61)(H,62,63)/t12-,18-,20+,21-,27+,30+,31-,32+,35+,36-,37-,38+,39+,42-,43+,44+/m1/s1. The first-order chi connectivity index (χ1) is 32.6. The van der Waals surface area contributed by atoms with Crippen molar-refractivity contribution in [3.05, 3.63) is 68.8 Å². The maximum atomic E-state index is 14.5. The summed E-state index contributed by atoms with van der Waals surface area (Å²) in [4.78, 5) is 54.3. The zero-order valence-electron chi connectivity index (χ0n) is 36.6. The molecule has 16 atom stereocenters. The van der Waals surface area contributed by atoms with Crippen molar-refractivity contribution in [1.29, 1.82) is 0 Å². The lowest BCUT2D eigenvalue weighted by Gasteiger charge is -2.47. The van der Waals surface area contributed by atoms with Crippen molar-refractivity contribution in [2.45, 2.75) is 112 Å². The molecule has 5 aliphatic rings. The highest BCUT2D eigenvalue weighted by Crippen LogP contribution is 2.57. The van der Waals surface area contributed by atoms with Gasteiger partial charge >= 0.3 is 5.97 Å². The van der Waals surface area contributed by atoms with E-state index in [0.29, 0.717) is 0 Å². The van der Waals surface area contributed by atoms with E-state index in [1.165, 1.54) is 20.0 Å². The lowest BCUT2D eigenvalue weighted by atomic mass is 9.74. The van der Waals surface area contributed by atoms with Gasteiger partial charge in [-0.3, -0.25) is 14.4 Å². The SMILES string of the molecule is CN[C@@H]1[C@H](O[C@@H]2OC[C@@H](O)[C@H](O)[C@H]2O)[C@@H](O)[C@H](O[C@H]2c3cc(C)c(C(=O)N[C@H](CO)C(=O)O)c(O)c3-c3c(cc4c(c3O)C(=O)c3cc(O[C@H]5OC[C@H](O)[C@@H](O)[C@@H]5O)cc(O)c3C4=O)[C@@H]2O)O[C@@H]1C. The number of aryl methyl sites for hydroxylation is 1. The molecule has 25 nitrogen and oxygen atoms in total. The minimum atomic E-state index is -2.01. The van der Waals surface area contributed by atoms with E-state index in [1.807, 2.05) is 0 Å². The van der Waals surface area contributed by atoms with E-state index in [2.05, 4.69) is 10.6 Å². The molecule has 69 heavy (non-hydrogen) atoms. The number of aliphatic hydroxyl groups excluding tert-OH is 9. The number of carboxylic acids is 1. The topological polar surface area (TPSA) is 411 Å². The molecule has 0 aromatic heterocycles. The number of carbonyl (C=O) groups excluding carboxylic acids is 3. The summed E-state index contributed by atoms with van der Waals surface area (Å²) in [5.74, 6) is -8.32. The quantitative estimate of drug-likeness (QED) is 0.0684. The zero-order valence-corrected chi connectivity index (χ0v) is 36.6. The molecule has 1 amide bonds. The summed E-state index contributed by atoms with van der Waals surface area (Å²) >= 11 is 0. The van der Waals surface area contributed by atoms with Crippen molar-refractivity contribution < 1.29 is 114 Å². The minimum absolute atomic E-state index is 0.0936. The first kappa shape index (κ1) is 49.9. The monoisotopic (exact) mass is 974 g/mol. The van der Waals surface area contributed by atoms with Gasteiger partial charge in [0, 0.05) is 28.3 Å². The van der Waals surface area contributed by atoms with Crippen LogP contribution in [0.1, 0.15) is 78.0 Å². The predicted molar refractivity (Wildman–Crippen MR) is 224 cm³/mol. The number of likely N-dealkylation sites (N-methyl/N-ethyl adjacent to an activating group) is 1. The van der Waals surface area contributed by atoms with Gasteiger partial charge < -0.3 is 105 Å². The number of hydrogen-bond acceptors (Lipinski definition) is 23. The number of amides is 1. The van der Waals surface area contributed by atoms with Crippen LogP contribution in [0.15, 0.2) is 24.3 Å². The molecule has 3 aliphatic heterocycles. The first-order valence-electron chi connectivity index (χ1n) is 21.5. The number of hydrogen-bond donors (Lipinski definition) is 15. The summed E-state index contributed by atoms with van der Waals surface area (Å²) in [5, 5.41) is 145. The predicted octanol–water partition coefficient (Wildman–Crippen LogP) is -3.83. The van der Waals surface area contributed by atoms with E-state index >= 15 is 0 Å². The number of phenols is 3. The number of carboxylic acid groups (broad SMARTS) is 1. The highest BCUT2D eigenvalue weighted by Gasteiger charge is 2.51. The van der Waals surface area contributed by atoms with Gasteiger partial charge in [-0.15, -0.1) is 0 Å². The van der Waals surface area contributed by atoms with Gasteiger partial charge in [0.2, 0.25) is 6.29 Å². The van der Waals surface area contributed by atoms with E-state index in [9.17, 15) is 85.6 Å². The molecular weight excluding hydrogens is 924 g/mol. The Labute approximate surface area is 389 Å². The van der Waals surface area contributed by atoms with E-state index in [4.69, 9.17) is 28.4 Å². The number of aliphatic carboxylic acids is 1.